The van der Waals surface area contributed by atoms with E-state index in [0.29, 0.717) is 5.56 Å². The zero-order chi connectivity index (χ0) is 20.1. The quantitative estimate of drug-likeness (QED) is 0.710. The van der Waals surface area contributed by atoms with Gasteiger partial charge in [-0.05, 0) is 34.0 Å². The number of likely N-dealkylation sites (N-methyl/N-ethyl adjacent to an activating group) is 1. The first-order chi connectivity index (χ1) is 13.4. The number of nitrogens with one attached hydrogen (secondary N) is 1. The van der Waals surface area contributed by atoms with Gasteiger partial charge in [0.05, 0.1) is 13.0 Å². The molecule has 1 N–H and O–H groups in total. The van der Waals surface area contributed by atoms with Crippen LogP contribution in [-0.4, -0.2) is 30.3 Å². The number of halogens is 2. The Morgan fingerprint density at radius 1 is 0.964 bits per heavy atom. The molecule has 0 saturated carbocycles. The summed E-state index contributed by atoms with van der Waals surface area (Å²) in [6.45, 7) is -0.0427. The largest absolute Gasteiger partial charge is 0.347 e. The predicted octanol–water partition coefficient (Wildman–Crippen LogP) is 3.44. The van der Waals surface area contributed by atoms with Gasteiger partial charge in [-0.25, -0.2) is 8.78 Å². The third kappa shape index (κ3) is 4.71. The van der Waals surface area contributed by atoms with Crippen LogP contribution in [0.15, 0.2) is 60.7 Å². The van der Waals surface area contributed by atoms with Crippen molar-refractivity contribution in [3.05, 3.63) is 83.4 Å². The smallest absolute Gasteiger partial charge is 0.242 e. The molecule has 0 aromatic heterocycles. The van der Waals surface area contributed by atoms with E-state index in [4.69, 9.17) is 0 Å². The minimum Gasteiger partial charge on any atom is -0.347 e. The summed E-state index contributed by atoms with van der Waals surface area (Å²) < 4.78 is 26.2. The van der Waals surface area contributed by atoms with E-state index in [1.807, 2.05) is 42.5 Å². The highest BCUT2D eigenvalue weighted by molar-refractivity contribution is 5.91. The second-order valence-electron chi connectivity index (χ2n) is 6.59. The number of nitrogens with zero attached hydrogens (tertiary/aromatic N) is 1. The molecule has 0 heterocycles. The zero-order valence-corrected chi connectivity index (χ0v) is 15.4. The highest BCUT2D eigenvalue weighted by Crippen LogP contribution is 2.18. The maximum atomic E-state index is 13.3. The number of rotatable bonds is 6. The van der Waals surface area contributed by atoms with Gasteiger partial charge in [-0.3, -0.25) is 9.59 Å². The molecule has 0 fully saturated rings. The zero-order valence-electron chi connectivity index (χ0n) is 15.4. The van der Waals surface area contributed by atoms with E-state index < -0.39 is 11.6 Å². The highest BCUT2D eigenvalue weighted by Gasteiger charge is 2.13. The maximum Gasteiger partial charge on any atom is 0.242 e. The Labute approximate surface area is 161 Å². The summed E-state index contributed by atoms with van der Waals surface area (Å²) in [7, 11) is 1.54. The Kier molecular flexibility index (Phi) is 5.99. The predicted molar refractivity (Wildman–Crippen MR) is 103 cm³/mol. The van der Waals surface area contributed by atoms with E-state index in [2.05, 4.69) is 5.32 Å². The molecule has 0 unspecified atom stereocenters. The van der Waals surface area contributed by atoms with Crippen LogP contribution >= 0.6 is 0 Å². The summed E-state index contributed by atoms with van der Waals surface area (Å²) in [6.07, 6.45) is 0.168. The number of carbonyl (C=O) groups excluding carboxylic acids is 2. The molecule has 0 spiro atoms. The van der Waals surface area contributed by atoms with Gasteiger partial charge in [0.25, 0.3) is 0 Å². The van der Waals surface area contributed by atoms with Crippen molar-refractivity contribution in [1.29, 1.82) is 0 Å². The third-order valence-electron chi connectivity index (χ3n) is 4.50. The summed E-state index contributed by atoms with van der Waals surface area (Å²) in [5, 5.41) is 4.67. The number of amides is 2. The molecule has 0 radical (unpaired) electrons. The van der Waals surface area contributed by atoms with Gasteiger partial charge in [0, 0.05) is 13.6 Å². The molecule has 0 saturated heterocycles. The van der Waals surface area contributed by atoms with Crippen molar-refractivity contribution in [3.63, 3.8) is 0 Å². The van der Waals surface area contributed by atoms with Gasteiger partial charge < -0.3 is 10.2 Å². The van der Waals surface area contributed by atoms with Crippen molar-refractivity contribution in [2.45, 2.75) is 13.0 Å². The van der Waals surface area contributed by atoms with E-state index in [0.717, 1.165) is 28.5 Å². The van der Waals surface area contributed by atoms with Crippen molar-refractivity contribution in [2.75, 3.05) is 13.6 Å². The minimum atomic E-state index is -0.957. The van der Waals surface area contributed by atoms with E-state index >= 15 is 0 Å². The summed E-state index contributed by atoms with van der Waals surface area (Å²) in [6, 6.07) is 17.0. The number of hydrogen-bond donors (Lipinski definition) is 1. The lowest BCUT2D eigenvalue weighted by Gasteiger charge is -2.18. The molecule has 4 nitrogen and oxygen atoms in total. The second kappa shape index (κ2) is 8.61. The van der Waals surface area contributed by atoms with E-state index in [1.54, 1.807) is 7.05 Å². The Balaban J connectivity index is 1.54. The first-order valence-corrected chi connectivity index (χ1v) is 8.85. The SMILES string of the molecule is CN(Cc1ccc(F)c(F)c1)C(=O)CNC(=O)Cc1cccc2ccccc12. The van der Waals surface area contributed by atoms with Crippen molar-refractivity contribution in [1.82, 2.24) is 10.2 Å². The van der Waals surface area contributed by atoms with Crippen LogP contribution in [0.5, 0.6) is 0 Å². The van der Waals surface area contributed by atoms with E-state index in [-0.39, 0.29) is 31.3 Å². The Hall–Kier alpha value is -3.28. The van der Waals surface area contributed by atoms with Crippen LogP contribution in [0.25, 0.3) is 10.8 Å². The molecule has 28 heavy (non-hydrogen) atoms. The van der Waals surface area contributed by atoms with Crippen molar-refractivity contribution in [3.8, 4) is 0 Å². The summed E-state index contributed by atoms with van der Waals surface area (Å²) in [5.41, 5.74) is 1.36. The summed E-state index contributed by atoms with van der Waals surface area (Å²) in [5.74, 6) is -2.47. The molecule has 3 aromatic rings. The molecule has 0 aliphatic carbocycles. The van der Waals surface area contributed by atoms with Gasteiger partial charge in [-0.2, -0.15) is 0 Å². The Morgan fingerprint density at radius 3 is 2.50 bits per heavy atom. The molecule has 3 rings (SSSR count). The molecular weight excluding hydrogens is 362 g/mol. The van der Waals surface area contributed by atoms with Gasteiger partial charge in [0.2, 0.25) is 11.8 Å². The number of fused-ring (bicyclic) bond motifs is 1. The third-order valence-corrected chi connectivity index (χ3v) is 4.50. The topological polar surface area (TPSA) is 49.4 Å². The lowest BCUT2D eigenvalue weighted by Crippen LogP contribution is -2.38. The fourth-order valence-corrected chi connectivity index (χ4v) is 2.99. The molecule has 6 heteroatoms. The monoisotopic (exact) mass is 382 g/mol. The Morgan fingerprint density at radius 2 is 1.71 bits per heavy atom. The van der Waals surface area contributed by atoms with Gasteiger partial charge in [0.15, 0.2) is 11.6 Å². The number of hydrogen-bond acceptors (Lipinski definition) is 2. The average molecular weight is 382 g/mol. The molecule has 0 atom stereocenters. The van der Waals surface area contributed by atoms with Crippen molar-refractivity contribution >= 4 is 22.6 Å². The Bertz CT molecular complexity index is 1020. The van der Waals surface area contributed by atoms with Crippen LogP contribution < -0.4 is 5.32 Å². The summed E-state index contributed by atoms with van der Waals surface area (Å²) >= 11 is 0. The first kappa shape index (κ1) is 19.5. The lowest BCUT2D eigenvalue weighted by molar-refractivity contribution is -0.132. The molecule has 0 aliphatic rings. The van der Waals surface area contributed by atoms with Gasteiger partial charge >= 0.3 is 0 Å². The molecular formula is C22H20F2N2O2. The maximum absolute atomic E-state index is 13.3. The van der Waals surface area contributed by atoms with Crippen molar-refractivity contribution in [2.24, 2.45) is 0 Å². The van der Waals surface area contributed by atoms with Gasteiger partial charge in [-0.15, -0.1) is 0 Å². The fourth-order valence-electron chi connectivity index (χ4n) is 2.99. The van der Waals surface area contributed by atoms with Crippen LogP contribution in [0.3, 0.4) is 0 Å². The second-order valence-corrected chi connectivity index (χ2v) is 6.59. The number of benzene rings is 3. The average Bonchev–Trinajstić information content (AvgIpc) is 2.69. The van der Waals surface area contributed by atoms with Gasteiger partial charge in [-0.1, -0.05) is 48.5 Å². The van der Waals surface area contributed by atoms with E-state index in [1.165, 1.54) is 11.0 Å². The molecule has 144 valence electrons. The van der Waals surface area contributed by atoms with Crippen LogP contribution in [0, 0.1) is 11.6 Å². The van der Waals surface area contributed by atoms with Crippen LogP contribution in [0.2, 0.25) is 0 Å². The van der Waals surface area contributed by atoms with Gasteiger partial charge in [0.1, 0.15) is 0 Å². The van der Waals surface area contributed by atoms with Crippen LogP contribution in [-0.2, 0) is 22.6 Å². The van der Waals surface area contributed by atoms with E-state index in [9.17, 15) is 18.4 Å². The fraction of sp³-hybridized carbons (Fsp3) is 0.182. The molecule has 3 aromatic carbocycles. The number of carbonyl (C=O) groups is 2. The van der Waals surface area contributed by atoms with Crippen LogP contribution in [0.4, 0.5) is 8.78 Å². The normalized spacial score (nSPS) is 10.7. The first-order valence-electron chi connectivity index (χ1n) is 8.85. The highest BCUT2D eigenvalue weighted by atomic mass is 19.2. The molecule has 0 bridgehead atoms. The molecule has 2 amide bonds. The summed E-state index contributed by atoms with van der Waals surface area (Å²) in [4.78, 5) is 25.8. The van der Waals surface area contributed by atoms with Crippen molar-refractivity contribution < 1.29 is 18.4 Å². The lowest BCUT2D eigenvalue weighted by atomic mass is 10.0. The standard InChI is InChI=1S/C22H20F2N2O2/c1-26(14-15-9-10-19(23)20(24)11-15)22(28)13-25-21(27)12-17-7-4-6-16-5-2-3-8-18(16)17/h2-11H,12-14H2,1H3,(H,25,27). The molecule has 0 aliphatic heterocycles. The van der Waals surface area contributed by atoms with Crippen LogP contribution in [0.1, 0.15) is 11.1 Å². The minimum absolute atomic E-state index is 0.120.